The van der Waals surface area contributed by atoms with Crippen molar-refractivity contribution in [2.75, 3.05) is 7.11 Å². The summed E-state index contributed by atoms with van der Waals surface area (Å²) in [7, 11) is 1.44. The molecule has 0 bridgehead atoms. The Morgan fingerprint density at radius 1 is 1.12 bits per heavy atom. The number of halogens is 1. The number of aryl methyl sites for hydroxylation is 2. The van der Waals surface area contributed by atoms with Crippen LogP contribution in [0.3, 0.4) is 0 Å². The van der Waals surface area contributed by atoms with Crippen LogP contribution >= 0.6 is 11.6 Å². The molecule has 1 atom stereocenters. The van der Waals surface area contributed by atoms with Crippen LogP contribution in [0.2, 0.25) is 5.02 Å². The van der Waals surface area contributed by atoms with Gasteiger partial charge < -0.3 is 14.7 Å². The molecule has 0 aliphatic carbocycles. The van der Waals surface area contributed by atoms with Gasteiger partial charge in [-0.2, -0.15) is 0 Å². The van der Waals surface area contributed by atoms with Crippen molar-refractivity contribution in [1.29, 1.82) is 0 Å². The lowest BCUT2D eigenvalue weighted by molar-refractivity contribution is -0.140. The number of rotatable bonds is 5. The van der Waals surface area contributed by atoms with E-state index in [9.17, 15) is 14.7 Å². The number of ether oxygens (including phenoxy) is 1. The van der Waals surface area contributed by atoms with E-state index < -0.39 is 17.7 Å². The van der Waals surface area contributed by atoms with Gasteiger partial charge in [0, 0.05) is 18.9 Å². The Kier molecular flexibility index (Phi) is 6.20. The Morgan fingerprint density at radius 2 is 1.91 bits per heavy atom. The van der Waals surface area contributed by atoms with E-state index in [0.29, 0.717) is 5.02 Å². The number of ketones is 1. The largest absolute Gasteiger partial charge is 0.507 e. The number of hydrogen-bond acceptors (Lipinski definition) is 5. The molecular formula is C26H23ClN2O4. The number of benzene rings is 2. The van der Waals surface area contributed by atoms with Crippen molar-refractivity contribution in [1.82, 2.24) is 9.88 Å². The summed E-state index contributed by atoms with van der Waals surface area (Å²) in [6.45, 7) is 3.92. The van der Waals surface area contributed by atoms with Crippen LogP contribution in [0.25, 0.3) is 5.76 Å². The van der Waals surface area contributed by atoms with Gasteiger partial charge in [0.1, 0.15) is 11.5 Å². The van der Waals surface area contributed by atoms with Gasteiger partial charge >= 0.3 is 0 Å². The second-order valence-electron chi connectivity index (χ2n) is 8.03. The highest BCUT2D eigenvalue weighted by Crippen LogP contribution is 2.43. The van der Waals surface area contributed by atoms with Gasteiger partial charge in [-0.1, -0.05) is 47.5 Å². The van der Waals surface area contributed by atoms with Crippen molar-refractivity contribution < 1.29 is 19.4 Å². The van der Waals surface area contributed by atoms with Gasteiger partial charge in [-0.25, -0.2) is 0 Å². The van der Waals surface area contributed by atoms with Gasteiger partial charge in [0.15, 0.2) is 0 Å². The standard InChI is InChI=1S/C26H23ClN2O4/c1-15-6-4-8-18(10-15)22-21(23(30)19-11-16(2)12-20(27)25(19)33-3)24(31)26(32)29(22)14-17-7-5-9-28-13-17/h4-13,22,30H,14H2,1-3H3/b23-21+. The third-order valence-corrected chi connectivity index (χ3v) is 5.90. The molecular weight excluding hydrogens is 440 g/mol. The van der Waals surface area contributed by atoms with Crippen LogP contribution in [0.15, 0.2) is 66.5 Å². The Balaban J connectivity index is 1.94. The second-order valence-corrected chi connectivity index (χ2v) is 8.44. The Morgan fingerprint density at radius 3 is 2.58 bits per heavy atom. The minimum absolute atomic E-state index is 0.00513. The van der Waals surface area contributed by atoms with Gasteiger partial charge in [0.05, 0.1) is 29.3 Å². The number of nitrogens with zero attached hydrogens (tertiary/aromatic N) is 2. The van der Waals surface area contributed by atoms with Gasteiger partial charge in [-0.05, 0) is 48.7 Å². The molecule has 2 heterocycles. The predicted octanol–water partition coefficient (Wildman–Crippen LogP) is 4.98. The number of methoxy groups -OCH3 is 1. The van der Waals surface area contributed by atoms with Crippen LogP contribution in [-0.2, 0) is 16.1 Å². The first-order chi connectivity index (χ1) is 15.8. The predicted molar refractivity (Wildman–Crippen MR) is 126 cm³/mol. The number of Topliss-reactive ketones (excluding diaryl/α,β-unsaturated/α-hetero) is 1. The highest BCUT2D eigenvalue weighted by molar-refractivity contribution is 6.46. The average Bonchev–Trinajstić information content (AvgIpc) is 3.04. The van der Waals surface area contributed by atoms with E-state index >= 15 is 0 Å². The third-order valence-electron chi connectivity index (χ3n) is 5.62. The second kappa shape index (κ2) is 9.08. The molecule has 1 N–H and O–H groups in total. The molecule has 2 aromatic carbocycles. The van der Waals surface area contributed by atoms with Crippen LogP contribution in [0.4, 0.5) is 0 Å². The van der Waals surface area contributed by atoms with E-state index in [0.717, 1.165) is 22.3 Å². The number of aromatic nitrogens is 1. The number of aliphatic hydroxyl groups excluding tert-OH is 1. The van der Waals surface area contributed by atoms with Crippen molar-refractivity contribution in [3.8, 4) is 5.75 Å². The van der Waals surface area contributed by atoms with E-state index in [1.165, 1.54) is 12.0 Å². The zero-order valence-corrected chi connectivity index (χ0v) is 19.3. The maximum atomic E-state index is 13.3. The fourth-order valence-corrected chi connectivity index (χ4v) is 4.53. The molecule has 1 saturated heterocycles. The van der Waals surface area contributed by atoms with Crippen LogP contribution in [0.5, 0.6) is 5.75 Å². The number of hydrogen-bond donors (Lipinski definition) is 1. The van der Waals surface area contributed by atoms with E-state index in [1.54, 1.807) is 30.6 Å². The molecule has 0 saturated carbocycles. The zero-order chi connectivity index (χ0) is 23.7. The van der Waals surface area contributed by atoms with E-state index in [-0.39, 0.29) is 29.2 Å². The molecule has 168 valence electrons. The summed E-state index contributed by atoms with van der Waals surface area (Å²) < 4.78 is 5.41. The Labute approximate surface area is 197 Å². The number of carbonyl (C=O) groups is 2. The molecule has 0 spiro atoms. The molecule has 1 fully saturated rings. The summed E-state index contributed by atoms with van der Waals surface area (Å²) >= 11 is 6.33. The summed E-state index contributed by atoms with van der Waals surface area (Å²) in [6.07, 6.45) is 3.29. The quantitative estimate of drug-likeness (QED) is 0.328. The topological polar surface area (TPSA) is 79.7 Å². The lowest BCUT2D eigenvalue weighted by Gasteiger charge is -2.26. The fraction of sp³-hybridized carbons (Fsp3) is 0.192. The van der Waals surface area contributed by atoms with Gasteiger partial charge in [0.2, 0.25) is 0 Å². The van der Waals surface area contributed by atoms with Crippen LogP contribution in [-0.4, -0.2) is 33.8 Å². The first-order valence-electron chi connectivity index (χ1n) is 10.4. The molecule has 1 amide bonds. The van der Waals surface area contributed by atoms with Gasteiger partial charge in [-0.3, -0.25) is 14.6 Å². The minimum atomic E-state index is -0.783. The van der Waals surface area contributed by atoms with Crippen LogP contribution in [0.1, 0.15) is 33.9 Å². The van der Waals surface area contributed by atoms with Crippen molar-refractivity contribution in [3.63, 3.8) is 0 Å². The SMILES string of the molecule is COc1c(Cl)cc(C)cc1/C(O)=C1\C(=O)C(=O)N(Cc2cccnc2)C1c1cccc(C)c1. The summed E-state index contributed by atoms with van der Waals surface area (Å²) in [6, 6.07) is 13.7. The number of carbonyl (C=O) groups excluding carboxylic acids is 2. The summed E-state index contributed by atoms with van der Waals surface area (Å²) in [5.74, 6) is -1.54. The van der Waals surface area contributed by atoms with E-state index in [4.69, 9.17) is 16.3 Å². The monoisotopic (exact) mass is 462 g/mol. The summed E-state index contributed by atoms with van der Waals surface area (Å²) in [4.78, 5) is 32.0. The highest BCUT2D eigenvalue weighted by atomic mass is 35.5. The molecule has 3 aromatic rings. The molecule has 0 radical (unpaired) electrons. The van der Waals surface area contributed by atoms with Crippen LogP contribution < -0.4 is 4.74 Å². The maximum absolute atomic E-state index is 13.3. The number of aliphatic hydroxyl groups is 1. The van der Waals surface area contributed by atoms with Crippen LogP contribution in [0, 0.1) is 13.8 Å². The van der Waals surface area contributed by atoms with Crippen molar-refractivity contribution in [2.24, 2.45) is 0 Å². The Hall–Kier alpha value is -3.64. The molecule has 33 heavy (non-hydrogen) atoms. The van der Waals surface area contributed by atoms with E-state index in [1.807, 2.05) is 44.2 Å². The molecule has 4 rings (SSSR count). The number of likely N-dealkylation sites (tertiary alicyclic amines) is 1. The van der Waals surface area contributed by atoms with Crippen molar-refractivity contribution in [2.45, 2.75) is 26.4 Å². The molecule has 6 nitrogen and oxygen atoms in total. The lowest BCUT2D eigenvalue weighted by Crippen LogP contribution is -2.29. The number of pyridine rings is 1. The zero-order valence-electron chi connectivity index (χ0n) is 18.5. The van der Waals surface area contributed by atoms with Crippen molar-refractivity contribution >= 4 is 29.1 Å². The molecule has 1 aliphatic heterocycles. The molecule has 1 unspecified atom stereocenters. The average molecular weight is 463 g/mol. The summed E-state index contributed by atoms with van der Waals surface area (Å²) in [5.41, 5.74) is 3.49. The molecule has 1 aliphatic rings. The molecule has 1 aromatic heterocycles. The van der Waals surface area contributed by atoms with E-state index in [2.05, 4.69) is 4.98 Å². The van der Waals surface area contributed by atoms with Gasteiger partial charge in [-0.15, -0.1) is 0 Å². The molecule has 7 heteroatoms. The van der Waals surface area contributed by atoms with Gasteiger partial charge in [0.25, 0.3) is 11.7 Å². The summed E-state index contributed by atoms with van der Waals surface area (Å²) in [5, 5.41) is 11.7. The third kappa shape index (κ3) is 4.22. The normalized spacial score (nSPS) is 17.5. The number of amides is 1. The minimum Gasteiger partial charge on any atom is -0.507 e. The smallest absolute Gasteiger partial charge is 0.295 e. The Bertz CT molecular complexity index is 1270. The first kappa shape index (κ1) is 22.6. The highest BCUT2D eigenvalue weighted by Gasteiger charge is 2.46. The maximum Gasteiger partial charge on any atom is 0.295 e. The fourth-order valence-electron chi connectivity index (χ4n) is 4.18. The lowest BCUT2D eigenvalue weighted by atomic mass is 9.93. The van der Waals surface area contributed by atoms with Crippen molar-refractivity contribution in [3.05, 3.63) is 99.3 Å². The first-order valence-corrected chi connectivity index (χ1v) is 10.8.